The van der Waals surface area contributed by atoms with Crippen molar-refractivity contribution in [3.05, 3.63) is 11.3 Å². The molecule has 0 saturated heterocycles. The number of rotatable bonds is 2. The van der Waals surface area contributed by atoms with E-state index in [1.165, 1.54) is 18.4 Å². The van der Waals surface area contributed by atoms with Gasteiger partial charge in [-0.25, -0.2) is 0 Å². The zero-order chi connectivity index (χ0) is 26.4. The Hall–Kier alpha value is -0.580. The summed E-state index contributed by atoms with van der Waals surface area (Å²) in [5, 5.41) is 34.0. The number of allylic oxidation sites excluding steroid dienone is 1. The largest absolute Gasteiger partial charge is 0.492 e. The summed E-state index contributed by atoms with van der Waals surface area (Å²) in [5.74, 6) is 2.91. The molecule has 36 heavy (non-hydrogen) atoms. The van der Waals surface area contributed by atoms with Crippen molar-refractivity contribution >= 4 is 0 Å². The van der Waals surface area contributed by atoms with Gasteiger partial charge in [-0.15, -0.1) is 0 Å². The molecule has 4 heteroatoms. The highest BCUT2D eigenvalue weighted by Gasteiger charge is 2.87. The lowest BCUT2D eigenvalue weighted by molar-refractivity contribution is -0.175. The van der Waals surface area contributed by atoms with Crippen molar-refractivity contribution in [3.63, 3.8) is 0 Å². The van der Waals surface area contributed by atoms with E-state index in [0.29, 0.717) is 29.1 Å². The third-order valence-electron chi connectivity index (χ3n) is 14.6. The molecule has 4 fully saturated rings. The van der Waals surface area contributed by atoms with Crippen molar-refractivity contribution in [2.75, 3.05) is 0 Å². The Kier molecular flexibility index (Phi) is 5.09. The highest BCUT2D eigenvalue weighted by Crippen LogP contribution is 2.91. The van der Waals surface area contributed by atoms with Gasteiger partial charge in [-0.05, 0) is 104 Å². The van der Waals surface area contributed by atoms with Crippen LogP contribution in [-0.4, -0.2) is 39.2 Å². The second kappa shape index (κ2) is 7.13. The predicted molar refractivity (Wildman–Crippen MR) is 142 cm³/mol. The first-order chi connectivity index (χ1) is 16.5. The van der Waals surface area contributed by atoms with Crippen LogP contribution in [0.3, 0.4) is 0 Å². The fourth-order valence-electron chi connectivity index (χ4n) is 12.1. The number of aliphatic hydroxyl groups excluding tert-OH is 2. The second-order valence-electron chi connectivity index (χ2n) is 15.9. The Bertz CT molecular complexity index is 993. The zero-order valence-electron chi connectivity index (χ0n) is 24.3. The fraction of sp³-hybridized carbons (Fsp3) is 0.938. The smallest absolute Gasteiger partial charge is 0.126 e. The van der Waals surface area contributed by atoms with E-state index >= 15 is 0 Å². The van der Waals surface area contributed by atoms with E-state index in [1.54, 1.807) is 0 Å². The molecule has 0 amide bonds. The van der Waals surface area contributed by atoms with Gasteiger partial charge in [0, 0.05) is 16.7 Å². The van der Waals surface area contributed by atoms with Crippen LogP contribution in [0.25, 0.3) is 0 Å². The topological polar surface area (TPSA) is 69.9 Å². The van der Waals surface area contributed by atoms with E-state index in [0.717, 1.165) is 37.9 Å². The van der Waals surface area contributed by atoms with Crippen LogP contribution >= 0.6 is 0 Å². The highest BCUT2D eigenvalue weighted by molar-refractivity contribution is 5.43. The summed E-state index contributed by atoms with van der Waals surface area (Å²) in [7, 11) is 0. The van der Waals surface area contributed by atoms with Gasteiger partial charge in [0.1, 0.15) is 18.0 Å². The van der Waals surface area contributed by atoms with Crippen LogP contribution in [-0.2, 0) is 4.74 Å². The van der Waals surface area contributed by atoms with Crippen molar-refractivity contribution in [1.82, 2.24) is 0 Å². The quantitative estimate of drug-likeness (QED) is 0.430. The third-order valence-corrected chi connectivity index (χ3v) is 14.6. The summed E-state index contributed by atoms with van der Waals surface area (Å²) < 4.78 is 6.75. The number of hydrogen-bond donors (Lipinski definition) is 3. The Balaban J connectivity index is 1.40. The molecule has 1 aliphatic heterocycles. The van der Waals surface area contributed by atoms with Crippen molar-refractivity contribution in [2.45, 2.75) is 131 Å². The fourth-order valence-corrected chi connectivity index (χ4v) is 12.1. The maximum absolute atomic E-state index is 12.3. The first-order valence-electron chi connectivity index (χ1n) is 15.0. The molecular formula is C32H52O4. The molecule has 5 aliphatic carbocycles. The summed E-state index contributed by atoms with van der Waals surface area (Å²) in [6.07, 6.45) is 6.80. The Labute approximate surface area is 219 Å². The summed E-state index contributed by atoms with van der Waals surface area (Å²) in [6, 6.07) is 0. The van der Waals surface area contributed by atoms with Crippen LogP contribution in [0.1, 0.15) is 107 Å². The second-order valence-corrected chi connectivity index (χ2v) is 15.9. The van der Waals surface area contributed by atoms with E-state index in [-0.39, 0.29) is 39.8 Å². The molecule has 6 aliphatic rings. The molecule has 0 radical (unpaired) electrons. The number of hydrogen-bond acceptors (Lipinski definition) is 4. The van der Waals surface area contributed by atoms with E-state index in [2.05, 4.69) is 48.5 Å². The SMILES string of the molecule is C[C@H]1[C@@]23CC[C@]4(C)C5=C(O[C@@H]([C@@H](C)C(C)(C)O)C[C@H]5C)[C@H](O)[C@@]4(C)[C@@H]2CC[C@H]2C(C)(C)[C@@H](O)CC[C@@]123. The Morgan fingerprint density at radius 2 is 1.53 bits per heavy atom. The third kappa shape index (κ3) is 2.55. The Morgan fingerprint density at radius 1 is 0.917 bits per heavy atom. The van der Waals surface area contributed by atoms with E-state index in [9.17, 15) is 15.3 Å². The summed E-state index contributed by atoms with van der Waals surface area (Å²) in [5.41, 5.74) is 0.835. The average Bonchev–Trinajstić information content (AvgIpc) is 3.27. The molecule has 0 aromatic rings. The molecule has 1 heterocycles. The summed E-state index contributed by atoms with van der Waals surface area (Å²) >= 11 is 0. The first kappa shape index (κ1) is 25.7. The maximum atomic E-state index is 12.3. The van der Waals surface area contributed by atoms with Gasteiger partial charge in [-0.3, -0.25) is 0 Å². The van der Waals surface area contributed by atoms with Gasteiger partial charge >= 0.3 is 0 Å². The van der Waals surface area contributed by atoms with Crippen molar-refractivity contribution in [3.8, 4) is 0 Å². The normalized spacial score (nSPS) is 55.9. The lowest BCUT2D eigenvalue weighted by Gasteiger charge is -2.63. The van der Waals surface area contributed by atoms with Gasteiger partial charge in [-0.2, -0.15) is 0 Å². The molecule has 4 nitrogen and oxygen atoms in total. The molecule has 0 bridgehead atoms. The van der Waals surface area contributed by atoms with E-state index in [1.807, 2.05) is 13.8 Å². The zero-order valence-corrected chi connectivity index (χ0v) is 24.3. The number of ether oxygens (including phenoxy) is 1. The van der Waals surface area contributed by atoms with Crippen molar-refractivity contribution in [2.24, 2.45) is 56.7 Å². The van der Waals surface area contributed by atoms with Crippen molar-refractivity contribution < 1.29 is 20.1 Å². The van der Waals surface area contributed by atoms with Gasteiger partial charge in [-0.1, -0.05) is 48.5 Å². The molecule has 0 aromatic heterocycles. The van der Waals surface area contributed by atoms with Crippen LogP contribution in [0.5, 0.6) is 0 Å². The minimum Gasteiger partial charge on any atom is -0.492 e. The minimum absolute atomic E-state index is 0.00570. The van der Waals surface area contributed by atoms with Gasteiger partial charge < -0.3 is 20.1 Å². The molecule has 3 N–H and O–H groups in total. The molecule has 12 atom stereocenters. The maximum Gasteiger partial charge on any atom is 0.126 e. The molecule has 4 saturated carbocycles. The van der Waals surface area contributed by atoms with Crippen LogP contribution in [0.4, 0.5) is 0 Å². The van der Waals surface area contributed by atoms with Gasteiger partial charge in [0.15, 0.2) is 0 Å². The highest BCUT2D eigenvalue weighted by atomic mass is 16.5. The van der Waals surface area contributed by atoms with Crippen molar-refractivity contribution in [1.29, 1.82) is 0 Å². The molecule has 2 spiro atoms. The van der Waals surface area contributed by atoms with Crippen LogP contribution < -0.4 is 0 Å². The average molecular weight is 501 g/mol. The Morgan fingerprint density at radius 3 is 2.17 bits per heavy atom. The first-order valence-corrected chi connectivity index (χ1v) is 15.0. The van der Waals surface area contributed by atoms with Crippen LogP contribution in [0.15, 0.2) is 11.3 Å². The number of aliphatic hydroxyl groups is 3. The molecule has 6 rings (SSSR count). The van der Waals surface area contributed by atoms with Gasteiger partial charge in [0.05, 0.1) is 11.7 Å². The van der Waals surface area contributed by atoms with E-state index in [4.69, 9.17) is 4.74 Å². The summed E-state index contributed by atoms with van der Waals surface area (Å²) in [4.78, 5) is 0. The van der Waals surface area contributed by atoms with Gasteiger partial charge in [0.2, 0.25) is 0 Å². The molecule has 0 aromatic carbocycles. The molecule has 204 valence electrons. The molecular weight excluding hydrogens is 448 g/mol. The van der Waals surface area contributed by atoms with Gasteiger partial charge in [0.25, 0.3) is 0 Å². The predicted octanol–water partition coefficient (Wildman–Crippen LogP) is 6.08. The standard InChI is InChI=1S/C32H52O4/c1-17-16-20(18(2)28(6,7)35)36-25-24(17)29(8)14-15-32-19(3)31(32)13-12-23(33)27(4,5)21(31)10-11-22(32)30(29,9)26(25)34/h17-23,26,33-35H,10-16H2,1-9H3/t17-,18-,19-,20-,21+,22+,23+,26+,29-,30-,31-,32+/m1/s1. The van der Waals surface area contributed by atoms with E-state index < -0.39 is 11.7 Å². The lowest BCUT2D eigenvalue weighted by Crippen LogP contribution is -2.59. The molecule has 0 unspecified atom stereocenters. The van der Waals surface area contributed by atoms with Crippen LogP contribution in [0, 0.1) is 56.7 Å². The monoisotopic (exact) mass is 500 g/mol. The number of fused-ring (bicyclic) bond motifs is 3. The van der Waals surface area contributed by atoms with Crippen LogP contribution in [0.2, 0.25) is 0 Å². The summed E-state index contributed by atoms with van der Waals surface area (Å²) in [6.45, 7) is 20.2. The lowest BCUT2D eigenvalue weighted by atomic mass is 9.41. The minimum atomic E-state index is -0.816.